The summed E-state index contributed by atoms with van der Waals surface area (Å²) in [5.41, 5.74) is -1.88. The van der Waals surface area contributed by atoms with Crippen LogP contribution in [0.15, 0.2) is 48.7 Å². The van der Waals surface area contributed by atoms with Gasteiger partial charge in [-0.1, -0.05) is 6.07 Å². The van der Waals surface area contributed by atoms with Crippen LogP contribution in [0.2, 0.25) is 0 Å². The van der Waals surface area contributed by atoms with E-state index in [1.54, 1.807) is 18.2 Å². The summed E-state index contributed by atoms with van der Waals surface area (Å²) in [5, 5.41) is 0. The second-order valence-corrected chi connectivity index (χ2v) is 6.05. The minimum atomic E-state index is -4.44. The summed E-state index contributed by atoms with van der Waals surface area (Å²) >= 11 is 0. The topological polar surface area (TPSA) is 33.2 Å². The van der Waals surface area contributed by atoms with Gasteiger partial charge in [-0.2, -0.15) is 13.2 Å². The number of hydrogen-bond donors (Lipinski definition) is 0. The van der Waals surface area contributed by atoms with Gasteiger partial charge in [0.25, 0.3) is 5.91 Å². The molecule has 1 saturated heterocycles. The Hall–Kier alpha value is -2.44. The molecule has 3 rings (SSSR count). The van der Waals surface area contributed by atoms with Gasteiger partial charge >= 0.3 is 6.18 Å². The van der Waals surface area contributed by atoms with Gasteiger partial charge in [0.2, 0.25) is 0 Å². The van der Waals surface area contributed by atoms with Crippen molar-refractivity contribution in [1.82, 2.24) is 9.88 Å². The number of halogens is 4. The van der Waals surface area contributed by atoms with Crippen LogP contribution in [0.25, 0.3) is 0 Å². The lowest BCUT2D eigenvalue weighted by Gasteiger charge is -2.36. The fourth-order valence-corrected chi connectivity index (χ4v) is 2.93. The Morgan fingerprint density at radius 1 is 1.04 bits per heavy atom. The number of hydrogen-bond acceptors (Lipinski definition) is 2. The predicted molar refractivity (Wildman–Crippen MR) is 83.6 cm³/mol. The SMILES string of the molecule is O=C(c1ccc(C(F)(F)F)cc1)N1CCC(F)(c2ccccn2)CC1. The molecule has 1 aromatic heterocycles. The molecule has 3 nitrogen and oxygen atoms in total. The molecule has 1 aliphatic heterocycles. The highest BCUT2D eigenvalue weighted by atomic mass is 19.4. The minimum absolute atomic E-state index is 0.108. The van der Waals surface area contributed by atoms with Gasteiger partial charge in [-0.3, -0.25) is 9.78 Å². The first-order valence-corrected chi connectivity index (χ1v) is 7.87. The van der Waals surface area contributed by atoms with Crippen LogP contribution in [-0.2, 0) is 11.8 Å². The Morgan fingerprint density at radius 3 is 2.20 bits per heavy atom. The van der Waals surface area contributed by atoms with Crippen LogP contribution in [0.3, 0.4) is 0 Å². The first-order chi connectivity index (χ1) is 11.8. The van der Waals surface area contributed by atoms with Gasteiger partial charge in [0.05, 0.1) is 11.3 Å². The van der Waals surface area contributed by atoms with E-state index in [-0.39, 0.29) is 31.5 Å². The van der Waals surface area contributed by atoms with Crippen LogP contribution >= 0.6 is 0 Å². The van der Waals surface area contributed by atoms with E-state index in [2.05, 4.69) is 4.98 Å². The van der Waals surface area contributed by atoms with E-state index in [0.29, 0.717) is 5.69 Å². The molecule has 132 valence electrons. The molecule has 0 unspecified atom stereocenters. The van der Waals surface area contributed by atoms with Crippen molar-refractivity contribution in [3.63, 3.8) is 0 Å². The lowest BCUT2D eigenvalue weighted by molar-refractivity contribution is -0.137. The van der Waals surface area contributed by atoms with Crippen LogP contribution in [-0.4, -0.2) is 28.9 Å². The molecule has 1 aromatic carbocycles. The van der Waals surface area contributed by atoms with E-state index in [1.807, 2.05) is 0 Å². The van der Waals surface area contributed by atoms with Gasteiger partial charge in [0.15, 0.2) is 5.67 Å². The Balaban J connectivity index is 1.68. The number of rotatable bonds is 2. The summed E-state index contributed by atoms with van der Waals surface area (Å²) < 4.78 is 52.7. The predicted octanol–water partition coefficient (Wildman–Crippen LogP) is 4.20. The third kappa shape index (κ3) is 3.65. The number of piperidine rings is 1. The molecular weight excluding hydrogens is 336 g/mol. The van der Waals surface area contributed by atoms with Crippen molar-refractivity contribution >= 4 is 5.91 Å². The molecular formula is C18H16F4N2O. The largest absolute Gasteiger partial charge is 0.416 e. The summed E-state index contributed by atoms with van der Waals surface area (Å²) in [6.45, 7) is 0.375. The second kappa shape index (κ2) is 6.46. The van der Waals surface area contributed by atoms with Crippen molar-refractivity contribution < 1.29 is 22.4 Å². The van der Waals surface area contributed by atoms with Crippen molar-refractivity contribution in [2.24, 2.45) is 0 Å². The molecule has 0 atom stereocenters. The Bertz CT molecular complexity index is 736. The lowest BCUT2D eigenvalue weighted by Crippen LogP contribution is -2.43. The highest BCUT2D eigenvalue weighted by Gasteiger charge is 2.39. The average molecular weight is 352 g/mol. The van der Waals surface area contributed by atoms with Gasteiger partial charge < -0.3 is 4.90 Å². The molecule has 25 heavy (non-hydrogen) atoms. The van der Waals surface area contributed by atoms with Gasteiger partial charge in [-0.15, -0.1) is 0 Å². The summed E-state index contributed by atoms with van der Waals surface area (Å²) in [5.74, 6) is -0.392. The summed E-state index contributed by atoms with van der Waals surface area (Å²) in [7, 11) is 0. The normalized spacial score (nSPS) is 17.4. The number of carbonyl (C=O) groups excluding carboxylic acids is 1. The molecule has 2 heterocycles. The van der Waals surface area contributed by atoms with Crippen molar-refractivity contribution in [3.8, 4) is 0 Å². The van der Waals surface area contributed by atoms with Gasteiger partial charge in [0.1, 0.15) is 0 Å². The summed E-state index contributed by atoms with van der Waals surface area (Å²) in [6, 6.07) is 9.10. The van der Waals surface area contributed by atoms with Crippen LogP contribution in [0.5, 0.6) is 0 Å². The number of alkyl halides is 4. The molecule has 0 radical (unpaired) electrons. The van der Waals surface area contributed by atoms with Crippen molar-refractivity contribution in [2.45, 2.75) is 24.7 Å². The molecule has 1 aliphatic rings. The van der Waals surface area contributed by atoms with Crippen LogP contribution in [0, 0.1) is 0 Å². The Morgan fingerprint density at radius 2 is 1.68 bits per heavy atom. The second-order valence-electron chi connectivity index (χ2n) is 6.05. The van der Waals surface area contributed by atoms with E-state index < -0.39 is 23.3 Å². The third-order valence-corrected chi connectivity index (χ3v) is 4.43. The highest BCUT2D eigenvalue weighted by Crippen LogP contribution is 2.36. The molecule has 0 saturated carbocycles. The third-order valence-electron chi connectivity index (χ3n) is 4.43. The minimum Gasteiger partial charge on any atom is -0.338 e. The monoisotopic (exact) mass is 352 g/mol. The zero-order chi connectivity index (χ0) is 18.1. The fraction of sp³-hybridized carbons (Fsp3) is 0.333. The number of aromatic nitrogens is 1. The van der Waals surface area contributed by atoms with Gasteiger partial charge in [-0.25, -0.2) is 4.39 Å². The molecule has 1 amide bonds. The van der Waals surface area contributed by atoms with Crippen molar-refractivity contribution in [3.05, 3.63) is 65.5 Å². The van der Waals surface area contributed by atoms with E-state index in [1.165, 1.54) is 11.1 Å². The van der Waals surface area contributed by atoms with Crippen LogP contribution in [0.4, 0.5) is 17.6 Å². The maximum Gasteiger partial charge on any atom is 0.416 e. The summed E-state index contributed by atoms with van der Waals surface area (Å²) in [6.07, 6.45) is -2.70. The molecule has 0 N–H and O–H groups in total. The van der Waals surface area contributed by atoms with Crippen LogP contribution < -0.4 is 0 Å². The lowest BCUT2D eigenvalue weighted by atomic mass is 9.89. The fourth-order valence-electron chi connectivity index (χ4n) is 2.93. The van der Waals surface area contributed by atoms with Crippen molar-refractivity contribution in [2.75, 3.05) is 13.1 Å². The zero-order valence-electron chi connectivity index (χ0n) is 13.3. The quantitative estimate of drug-likeness (QED) is 0.759. The maximum absolute atomic E-state index is 15.0. The van der Waals surface area contributed by atoms with E-state index >= 15 is 4.39 Å². The maximum atomic E-state index is 15.0. The number of benzene rings is 1. The first kappa shape index (κ1) is 17.4. The smallest absolute Gasteiger partial charge is 0.338 e. The standard InChI is InChI=1S/C18H16F4N2O/c19-17(15-3-1-2-10-23-15)8-11-24(12-9-17)16(25)13-4-6-14(7-5-13)18(20,21)22/h1-7,10H,8-9,11-12H2. The first-order valence-electron chi connectivity index (χ1n) is 7.87. The number of likely N-dealkylation sites (tertiary alicyclic amines) is 1. The van der Waals surface area contributed by atoms with E-state index in [0.717, 1.165) is 24.3 Å². The van der Waals surface area contributed by atoms with E-state index in [4.69, 9.17) is 0 Å². The molecule has 0 aliphatic carbocycles. The Kier molecular flexibility index (Phi) is 4.49. The Labute approximate surface area is 142 Å². The number of nitrogens with zero attached hydrogens (tertiary/aromatic N) is 2. The molecule has 1 fully saturated rings. The zero-order valence-corrected chi connectivity index (χ0v) is 13.3. The number of amides is 1. The molecule has 0 bridgehead atoms. The van der Waals surface area contributed by atoms with Gasteiger partial charge in [0, 0.05) is 37.7 Å². The summed E-state index contributed by atoms with van der Waals surface area (Å²) in [4.78, 5) is 17.9. The number of pyridine rings is 1. The van der Waals surface area contributed by atoms with E-state index in [9.17, 15) is 18.0 Å². The van der Waals surface area contributed by atoms with Crippen molar-refractivity contribution in [1.29, 1.82) is 0 Å². The number of carbonyl (C=O) groups is 1. The highest BCUT2D eigenvalue weighted by molar-refractivity contribution is 5.94. The molecule has 7 heteroatoms. The van der Waals surface area contributed by atoms with Crippen LogP contribution in [0.1, 0.15) is 34.5 Å². The average Bonchev–Trinajstić information content (AvgIpc) is 2.62. The van der Waals surface area contributed by atoms with Gasteiger partial charge in [-0.05, 0) is 36.4 Å². The molecule has 0 spiro atoms. The molecule has 2 aromatic rings.